The number of nitrogens with zero attached hydrogens (tertiary/aromatic N) is 14. The largest absolute Gasteiger partial charge is 3.00 e. The normalized spacial score (nSPS) is 14.3. The summed E-state index contributed by atoms with van der Waals surface area (Å²) in [6.07, 6.45) is 6.55. The van der Waals surface area contributed by atoms with E-state index in [0.717, 1.165) is 0 Å². The Labute approximate surface area is 340 Å². The van der Waals surface area contributed by atoms with Crippen LogP contribution in [0.25, 0.3) is 10.9 Å². The van der Waals surface area contributed by atoms with Crippen LogP contribution in [-0.4, -0.2) is 65.8 Å². The molecule has 24 heteroatoms. The van der Waals surface area contributed by atoms with Gasteiger partial charge in [0.1, 0.15) is 11.6 Å². The van der Waals surface area contributed by atoms with Crippen molar-refractivity contribution in [1.82, 2.24) is 30.0 Å². The molecule has 0 unspecified atom stereocenters. The maximum Gasteiger partial charge on any atom is 3.00 e. The summed E-state index contributed by atoms with van der Waals surface area (Å²) in [6.45, 7) is 10.4. The van der Waals surface area contributed by atoms with Crippen LogP contribution < -0.4 is 10.0 Å². The second-order valence-electron chi connectivity index (χ2n) is 11.3. The molecule has 6 heterocycles. The maximum atomic E-state index is 12.5. The van der Waals surface area contributed by atoms with E-state index in [1.54, 1.807) is 85.5 Å². The van der Waals surface area contributed by atoms with Gasteiger partial charge >= 0.3 is 62.1 Å². The third-order valence-corrected chi connectivity index (χ3v) is 6.05. The monoisotopic (exact) mass is 873 g/mol. The number of carbonyl (C=O) groups is 2. The van der Waals surface area contributed by atoms with Gasteiger partial charge in [-0.05, 0) is 87.9 Å². The predicted octanol–water partition coefficient (Wildman–Crippen LogP) is 9.99. The molecule has 6 rings (SSSR count). The summed E-state index contributed by atoms with van der Waals surface area (Å²) >= 11 is 0. The van der Waals surface area contributed by atoms with Crippen LogP contribution >= 0.6 is 7.81 Å². The quantitative estimate of drug-likeness (QED) is 0.103. The van der Waals surface area contributed by atoms with Gasteiger partial charge in [0.25, 0.3) is 0 Å². The minimum absolute atomic E-state index is 0. The average Bonchev–Trinajstić information content (AvgIpc) is 3.16. The van der Waals surface area contributed by atoms with Crippen LogP contribution in [0.4, 0.5) is 46.4 Å². The number of aromatic nitrogens is 4. The Hall–Kier alpha value is -6.41. The number of carbonyl (C=O) groups excluding carboxylic acids is 2. The first kappa shape index (κ1) is 49.6. The number of urea groups is 2. The minimum Gasteiger partial charge on any atom is 3.00 e. The van der Waals surface area contributed by atoms with Crippen LogP contribution in [0.1, 0.15) is 52.9 Å². The fraction of sp³-hybridized carbons (Fsp3) is 0.235. The topological polar surface area (TPSA) is 199 Å². The molecule has 1 radical (unpaired) electrons. The number of halogens is 6. The van der Waals surface area contributed by atoms with E-state index >= 15 is 0 Å². The predicted molar refractivity (Wildman–Crippen MR) is 203 cm³/mol. The molecule has 4 aromatic heterocycles. The van der Waals surface area contributed by atoms with Gasteiger partial charge in [-0.15, -0.1) is 0 Å². The number of amidine groups is 2. The SMILES string of the molecule is CC#N.CC#N.CC(C)N1N=C(c2ccccn2)[N-]N(c2ccccn2)C1=O.CC(C)N1N=C(c2ccccn2)[N-]N(c2ccccn2)C1=O.F[P-](F)(F)(F)(F)F.[Fe+3]. The number of hydrogen-bond donors (Lipinski definition) is 0. The molecule has 0 aromatic carbocycles. The van der Waals surface area contributed by atoms with Crippen molar-refractivity contribution in [1.29, 1.82) is 10.5 Å². The van der Waals surface area contributed by atoms with Crippen molar-refractivity contribution in [3.8, 4) is 12.1 Å². The van der Waals surface area contributed by atoms with Crippen LogP contribution in [0, 0.1) is 22.7 Å². The van der Waals surface area contributed by atoms with Gasteiger partial charge in [-0.2, -0.15) is 10.5 Å². The second-order valence-corrected chi connectivity index (χ2v) is 13.2. The molecule has 4 amide bonds. The van der Waals surface area contributed by atoms with E-state index in [1.165, 1.54) is 33.9 Å². The second kappa shape index (κ2) is 21.2. The standard InChI is InChI=1S/2C15H15N6O.2C2H3N.F6P.Fe/c2*1-11(2)20-15(22)21(13-8-4-6-10-17-13)19-14(18-20)12-7-3-5-9-16-12;2*1-2-3;1-7(2,3,4,5)6;/h2*3-11H,1-2H3;2*1H3;;/q2*-1;;;-1;+3. The Balaban J connectivity index is 0.000000442. The molecule has 16 nitrogen and oxygen atoms in total. The molecule has 0 spiro atoms. The van der Waals surface area contributed by atoms with Gasteiger partial charge in [0.2, 0.25) is 0 Å². The zero-order valence-electron chi connectivity index (χ0n) is 31.5. The van der Waals surface area contributed by atoms with Crippen molar-refractivity contribution in [3.63, 3.8) is 0 Å². The zero-order chi connectivity index (χ0) is 42.9. The van der Waals surface area contributed by atoms with Gasteiger partial charge in [-0.25, -0.2) is 19.6 Å². The first-order valence-corrected chi connectivity index (χ1v) is 18.3. The van der Waals surface area contributed by atoms with Crippen LogP contribution in [0.2, 0.25) is 0 Å². The van der Waals surface area contributed by atoms with Crippen LogP contribution in [0.15, 0.2) is 108 Å². The summed E-state index contributed by atoms with van der Waals surface area (Å²) in [5, 5.41) is 28.5. The number of nitriles is 2. The van der Waals surface area contributed by atoms with Crippen LogP contribution in [0.5, 0.6) is 0 Å². The Morgan fingerprint density at radius 3 is 1.07 bits per heavy atom. The Kier molecular flexibility index (Phi) is 18.1. The van der Waals surface area contributed by atoms with Crippen LogP contribution in [-0.2, 0) is 17.1 Å². The van der Waals surface area contributed by atoms with E-state index < -0.39 is 7.81 Å². The van der Waals surface area contributed by atoms with Gasteiger partial charge in [-0.1, -0.05) is 24.3 Å². The molecule has 309 valence electrons. The minimum atomic E-state index is -10.7. The van der Waals surface area contributed by atoms with Crippen molar-refractivity contribution < 1.29 is 51.8 Å². The maximum absolute atomic E-state index is 12.5. The van der Waals surface area contributed by atoms with Crippen molar-refractivity contribution >= 4 is 43.2 Å². The van der Waals surface area contributed by atoms with E-state index in [1.807, 2.05) is 52.0 Å². The summed E-state index contributed by atoms with van der Waals surface area (Å²) < 4.78 is 59.2. The molecule has 0 atom stereocenters. The fourth-order valence-electron chi connectivity index (χ4n) is 3.92. The molecule has 58 heavy (non-hydrogen) atoms. The van der Waals surface area contributed by atoms with E-state index in [-0.39, 0.29) is 41.2 Å². The molecule has 0 saturated carbocycles. The third kappa shape index (κ3) is 17.6. The zero-order valence-corrected chi connectivity index (χ0v) is 33.5. The first-order valence-electron chi connectivity index (χ1n) is 16.3. The number of pyridine rings is 4. The Bertz CT molecular complexity index is 1910. The summed E-state index contributed by atoms with van der Waals surface area (Å²) in [6, 6.07) is 24.2. The van der Waals surface area contributed by atoms with Gasteiger partial charge in [-0.3, -0.25) is 20.0 Å². The van der Waals surface area contributed by atoms with E-state index in [2.05, 4.69) is 41.0 Å². The molecule has 0 aliphatic carbocycles. The summed E-state index contributed by atoms with van der Waals surface area (Å²) in [5.41, 5.74) is 9.80. The average molecular weight is 874 g/mol. The van der Waals surface area contributed by atoms with Crippen molar-refractivity contribution in [3.05, 3.63) is 120 Å². The van der Waals surface area contributed by atoms with Gasteiger partial charge in [0, 0.05) is 50.7 Å². The van der Waals surface area contributed by atoms with Crippen LogP contribution in [0.3, 0.4) is 0 Å². The molecule has 0 bridgehead atoms. The smallest absolute Gasteiger partial charge is 3.00 e. The number of amides is 4. The molecule has 2 aliphatic heterocycles. The fourth-order valence-corrected chi connectivity index (χ4v) is 3.92. The number of rotatable bonds is 6. The molecule has 4 aromatic rings. The Morgan fingerprint density at radius 2 is 0.845 bits per heavy atom. The van der Waals surface area contributed by atoms with E-state index in [0.29, 0.717) is 34.7 Å². The van der Waals surface area contributed by atoms with Crippen molar-refractivity contribution in [2.24, 2.45) is 10.2 Å². The molecular weight excluding hydrogens is 837 g/mol. The summed E-state index contributed by atoms with van der Waals surface area (Å²) in [4.78, 5) is 41.9. The van der Waals surface area contributed by atoms with Crippen molar-refractivity contribution in [2.45, 2.75) is 53.6 Å². The Morgan fingerprint density at radius 1 is 0.569 bits per heavy atom. The summed E-state index contributed by atoms with van der Waals surface area (Å²) in [7, 11) is -10.7. The van der Waals surface area contributed by atoms with Gasteiger partial charge in [0.15, 0.2) is 0 Å². The first-order chi connectivity index (χ1) is 26.6. The molecule has 0 N–H and O–H groups in total. The van der Waals surface area contributed by atoms with Gasteiger partial charge in [0.05, 0.1) is 23.5 Å². The number of hydrogen-bond acceptors (Lipinski definition) is 10. The van der Waals surface area contributed by atoms with Crippen molar-refractivity contribution in [2.75, 3.05) is 10.0 Å². The molecule has 0 fully saturated rings. The van der Waals surface area contributed by atoms with Gasteiger partial charge < -0.3 is 31.1 Å². The molecular formula is C34H36F6FeN14O2P. The summed E-state index contributed by atoms with van der Waals surface area (Å²) in [5.74, 6) is 1.64. The third-order valence-electron chi connectivity index (χ3n) is 6.05. The molecule has 2 aliphatic rings. The van der Waals surface area contributed by atoms with E-state index in [9.17, 15) is 34.8 Å². The number of hydrazone groups is 2. The number of anilines is 2. The molecule has 0 saturated heterocycles. The van der Waals surface area contributed by atoms with E-state index in [4.69, 9.17) is 10.5 Å².